The van der Waals surface area contributed by atoms with Crippen LogP contribution >= 0.6 is 0 Å². The number of anilines is 1. The van der Waals surface area contributed by atoms with Crippen molar-refractivity contribution in [2.45, 2.75) is 37.8 Å². The van der Waals surface area contributed by atoms with Crippen LogP contribution in [0.5, 0.6) is 0 Å². The summed E-state index contributed by atoms with van der Waals surface area (Å²) in [5.41, 5.74) is 1.06. The topological polar surface area (TPSA) is 89.4 Å². The summed E-state index contributed by atoms with van der Waals surface area (Å²) in [5.74, 6) is -0.825. The maximum absolute atomic E-state index is 13.4. The Kier molecular flexibility index (Phi) is 5.64. The van der Waals surface area contributed by atoms with Gasteiger partial charge in [0.15, 0.2) is 0 Å². The minimum atomic E-state index is -3.75. The molecule has 2 N–H and O–H groups in total. The SMILES string of the molecule is CCn1cc(S(=O)(=O)N[C@H]2CCOC2)cc1C(=O)Nc1ccc(F)c(C)c1. The number of halogens is 1. The summed E-state index contributed by atoms with van der Waals surface area (Å²) in [5, 5.41) is 2.68. The van der Waals surface area contributed by atoms with Crippen molar-refractivity contribution in [3.63, 3.8) is 0 Å². The molecule has 146 valence electrons. The number of nitrogens with zero attached hydrogens (tertiary/aromatic N) is 1. The largest absolute Gasteiger partial charge is 0.380 e. The van der Waals surface area contributed by atoms with Gasteiger partial charge in [-0.25, -0.2) is 17.5 Å². The summed E-state index contributed by atoms with van der Waals surface area (Å²) in [6.45, 7) is 4.70. The molecule has 0 aliphatic carbocycles. The van der Waals surface area contributed by atoms with Crippen LogP contribution in [0.4, 0.5) is 10.1 Å². The van der Waals surface area contributed by atoms with Crippen LogP contribution in [0.3, 0.4) is 0 Å². The van der Waals surface area contributed by atoms with Gasteiger partial charge in [-0.15, -0.1) is 0 Å². The average molecular weight is 395 g/mol. The highest BCUT2D eigenvalue weighted by Crippen LogP contribution is 2.19. The van der Waals surface area contributed by atoms with Crippen LogP contribution in [-0.2, 0) is 21.3 Å². The van der Waals surface area contributed by atoms with Gasteiger partial charge in [0.25, 0.3) is 5.91 Å². The molecule has 0 bridgehead atoms. The first-order valence-electron chi connectivity index (χ1n) is 8.68. The first-order valence-corrected chi connectivity index (χ1v) is 10.2. The average Bonchev–Trinajstić information content (AvgIpc) is 3.27. The molecule has 1 aromatic carbocycles. The highest BCUT2D eigenvalue weighted by atomic mass is 32.2. The zero-order valence-electron chi connectivity index (χ0n) is 15.2. The molecule has 0 saturated carbocycles. The predicted octanol–water partition coefficient (Wildman–Crippen LogP) is 2.28. The molecule has 27 heavy (non-hydrogen) atoms. The van der Waals surface area contributed by atoms with Crippen LogP contribution in [0, 0.1) is 12.7 Å². The molecule has 2 aromatic rings. The van der Waals surface area contributed by atoms with Crippen molar-refractivity contribution in [1.29, 1.82) is 0 Å². The van der Waals surface area contributed by atoms with E-state index in [2.05, 4.69) is 10.0 Å². The van der Waals surface area contributed by atoms with Crippen molar-refractivity contribution in [3.8, 4) is 0 Å². The molecule has 1 aliphatic heterocycles. The van der Waals surface area contributed by atoms with Crippen LogP contribution in [0.2, 0.25) is 0 Å². The lowest BCUT2D eigenvalue weighted by Crippen LogP contribution is -2.34. The third-order valence-electron chi connectivity index (χ3n) is 4.42. The van der Waals surface area contributed by atoms with E-state index in [1.165, 1.54) is 30.5 Å². The molecule has 7 nitrogen and oxygen atoms in total. The number of carbonyl (C=O) groups is 1. The minimum Gasteiger partial charge on any atom is -0.380 e. The fourth-order valence-electron chi connectivity index (χ4n) is 2.92. The van der Waals surface area contributed by atoms with E-state index in [0.717, 1.165) is 0 Å². The van der Waals surface area contributed by atoms with Gasteiger partial charge in [0.1, 0.15) is 16.4 Å². The molecule has 0 unspecified atom stereocenters. The van der Waals surface area contributed by atoms with Crippen molar-refractivity contribution >= 4 is 21.6 Å². The van der Waals surface area contributed by atoms with Gasteiger partial charge in [0.2, 0.25) is 10.0 Å². The summed E-state index contributed by atoms with van der Waals surface area (Å²) < 4.78 is 47.9. The van der Waals surface area contributed by atoms with Crippen LogP contribution in [0.1, 0.15) is 29.4 Å². The van der Waals surface area contributed by atoms with E-state index < -0.39 is 15.9 Å². The molecule has 1 aromatic heterocycles. The van der Waals surface area contributed by atoms with Crippen molar-refractivity contribution in [2.75, 3.05) is 18.5 Å². The summed E-state index contributed by atoms with van der Waals surface area (Å²) in [6.07, 6.45) is 2.05. The molecule has 1 amide bonds. The lowest BCUT2D eigenvalue weighted by molar-refractivity contribution is 0.101. The molecule has 1 atom stereocenters. The van der Waals surface area contributed by atoms with E-state index in [1.807, 2.05) is 6.92 Å². The fourth-order valence-corrected chi connectivity index (χ4v) is 4.21. The lowest BCUT2D eigenvalue weighted by atomic mass is 10.2. The van der Waals surface area contributed by atoms with Gasteiger partial charge in [0, 0.05) is 31.1 Å². The van der Waals surface area contributed by atoms with Gasteiger partial charge in [0.05, 0.1) is 6.61 Å². The molecule has 1 saturated heterocycles. The van der Waals surface area contributed by atoms with Gasteiger partial charge >= 0.3 is 0 Å². The number of ether oxygens (including phenoxy) is 1. The Morgan fingerprint density at radius 2 is 2.15 bits per heavy atom. The number of aromatic nitrogens is 1. The van der Waals surface area contributed by atoms with Gasteiger partial charge in [-0.05, 0) is 50.1 Å². The zero-order valence-corrected chi connectivity index (χ0v) is 16.0. The summed E-state index contributed by atoms with van der Waals surface area (Å²) in [6, 6.07) is 5.32. The van der Waals surface area contributed by atoms with Crippen molar-refractivity contribution in [3.05, 3.63) is 47.5 Å². The van der Waals surface area contributed by atoms with Gasteiger partial charge in [-0.1, -0.05) is 0 Å². The molecule has 1 aliphatic rings. The Morgan fingerprint density at radius 1 is 1.37 bits per heavy atom. The third-order valence-corrected chi connectivity index (χ3v) is 5.91. The molecular formula is C18H22FN3O4S. The number of rotatable bonds is 6. The van der Waals surface area contributed by atoms with Crippen LogP contribution in [0.15, 0.2) is 35.4 Å². The Balaban J connectivity index is 1.82. The summed E-state index contributed by atoms with van der Waals surface area (Å²) >= 11 is 0. The monoisotopic (exact) mass is 395 g/mol. The molecule has 1 fully saturated rings. The fraction of sp³-hybridized carbons (Fsp3) is 0.389. The Labute approximate surface area is 157 Å². The Bertz CT molecular complexity index is 950. The maximum atomic E-state index is 13.4. The highest BCUT2D eigenvalue weighted by Gasteiger charge is 2.26. The van der Waals surface area contributed by atoms with E-state index in [1.54, 1.807) is 11.5 Å². The lowest BCUT2D eigenvalue weighted by Gasteiger charge is -2.09. The van der Waals surface area contributed by atoms with E-state index in [0.29, 0.717) is 37.4 Å². The number of sulfonamides is 1. The zero-order chi connectivity index (χ0) is 19.6. The number of amides is 1. The number of benzene rings is 1. The van der Waals surface area contributed by atoms with Crippen molar-refractivity contribution in [2.24, 2.45) is 0 Å². The van der Waals surface area contributed by atoms with Gasteiger partial charge in [-0.3, -0.25) is 4.79 Å². The highest BCUT2D eigenvalue weighted by molar-refractivity contribution is 7.89. The standard InChI is InChI=1S/C18H22FN3O4S/c1-3-22-10-15(27(24,25)21-14-6-7-26-11-14)9-17(22)18(23)20-13-4-5-16(19)12(2)8-13/h4-5,8-10,14,21H,3,6-7,11H2,1-2H3,(H,20,23)/t14-/m0/s1. The van der Waals surface area contributed by atoms with Crippen molar-refractivity contribution < 1.29 is 22.3 Å². The van der Waals surface area contributed by atoms with Crippen molar-refractivity contribution in [1.82, 2.24) is 9.29 Å². The molecule has 0 radical (unpaired) electrons. The first kappa shape index (κ1) is 19.5. The normalized spacial score (nSPS) is 17.2. The summed E-state index contributed by atoms with van der Waals surface area (Å²) in [7, 11) is -3.75. The van der Waals surface area contributed by atoms with E-state index in [4.69, 9.17) is 4.74 Å². The second-order valence-corrected chi connectivity index (χ2v) is 8.16. The predicted molar refractivity (Wildman–Crippen MR) is 98.7 cm³/mol. The minimum absolute atomic E-state index is 0.0247. The van der Waals surface area contributed by atoms with E-state index in [9.17, 15) is 17.6 Å². The van der Waals surface area contributed by atoms with E-state index in [-0.39, 0.29) is 22.4 Å². The number of hydrogen-bond donors (Lipinski definition) is 2. The smallest absolute Gasteiger partial charge is 0.272 e. The molecule has 0 spiro atoms. The Morgan fingerprint density at radius 3 is 2.78 bits per heavy atom. The number of nitrogens with one attached hydrogen (secondary N) is 2. The van der Waals surface area contributed by atoms with Crippen LogP contribution < -0.4 is 10.0 Å². The van der Waals surface area contributed by atoms with Gasteiger partial charge < -0.3 is 14.6 Å². The molecular weight excluding hydrogens is 373 g/mol. The second-order valence-electron chi connectivity index (χ2n) is 6.45. The molecule has 2 heterocycles. The van der Waals surface area contributed by atoms with Crippen LogP contribution in [-0.4, -0.2) is 38.1 Å². The van der Waals surface area contributed by atoms with Gasteiger partial charge in [-0.2, -0.15) is 0 Å². The first-order chi connectivity index (χ1) is 12.8. The summed E-state index contributed by atoms with van der Waals surface area (Å²) in [4.78, 5) is 12.6. The number of hydrogen-bond acceptors (Lipinski definition) is 4. The second kappa shape index (κ2) is 7.79. The number of aryl methyl sites for hydroxylation is 2. The maximum Gasteiger partial charge on any atom is 0.272 e. The molecule has 3 rings (SSSR count). The third kappa shape index (κ3) is 4.37. The Hall–Kier alpha value is -2.23. The van der Waals surface area contributed by atoms with E-state index >= 15 is 0 Å². The molecule has 9 heteroatoms. The number of carbonyl (C=O) groups excluding carboxylic acids is 1. The van der Waals surface area contributed by atoms with Crippen LogP contribution in [0.25, 0.3) is 0 Å². The quantitative estimate of drug-likeness (QED) is 0.785.